The molecule has 15 heavy (non-hydrogen) atoms. The molecule has 1 heterocycles. The molecule has 0 spiro atoms. The van der Waals surface area contributed by atoms with Crippen molar-refractivity contribution >= 4 is 17.0 Å². The molecule has 0 unspecified atom stereocenters. The fourth-order valence-corrected chi connectivity index (χ4v) is 1.54. The predicted molar refractivity (Wildman–Crippen MR) is 53.7 cm³/mol. The van der Waals surface area contributed by atoms with Crippen LogP contribution >= 0.6 is 0 Å². The van der Waals surface area contributed by atoms with E-state index in [-0.39, 0.29) is 11.8 Å². The van der Waals surface area contributed by atoms with Gasteiger partial charge in [-0.2, -0.15) is 0 Å². The maximum absolute atomic E-state index is 11.7. The Morgan fingerprint density at radius 2 is 2.00 bits per heavy atom. The number of nitrogens with zero attached hydrogens (tertiary/aromatic N) is 1. The van der Waals surface area contributed by atoms with Crippen molar-refractivity contribution in [3.05, 3.63) is 47.0 Å². The Bertz CT molecular complexity index is 627. The van der Waals surface area contributed by atoms with Gasteiger partial charge >= 0.3 is 5.76 Å². The van der Waals surface area contributed by atoms with E-state index in [1.165, 1.54) is 0 Å². The molecule has 0 atom stereocenters. The third kappa shape index (κ3) is 1.15. The predicted octanol–water partition coefficient (Wildman–Crippen LogP) is 1.42. The molecular formula is C11H7NO3. The van der Waals surface area contributed by atoms with Crippen LogP contribution < -0.4 is 5.76 Å². The lowest BCUT2D eigenvalue weighted by Gasteiger charge is -1.97. The van der Waals surface area contributed by atoms with Crippen LogP contribution in [0.3, 0.4) is 0 Å². The van der Waals surface area contributed by atoms with Crippen LogP contribution in [-0.2, 0) is 0 Å². The van der Waals surface area contributed by atoms with Crippen molar-refractivity contribution < 1.29 is 9.21 Å². The van der Waals surface area contributed by atoms with E-state index in [1.807, 2.05) is 0 Å². The first kappa shape index (κ1) is 8.23. The maximum Gasteiger partial charge on any atom is 0.426 e. The number of carbonyl (C=O) groups is 1. The van der Waals surface area contributed by atoms with Gasteiger partial charge in [0, 0.05) is 0 Å². The largest absolute Gasteiger partial charge is 0.426 e. The average molecular weight is 201 g/mol. The molecule has 74 valence electrons. The number of benzene rings is 1. The normalized spacial score (nSPS) is 14.7. The van der Waals surface area contributed by atoms with Crippen LogP contribution in [0.4, 0.5) is 0 Å². The second-order valence-electron chi connectivity index (χ2n) is 3.42. The van der Waals surface area contributed by atoms with Gasteiger partial charge in [-0.3, -0.25) is 4.79 Å². The number of allylic oxidation sites excluding steroid dienone is 2. The molecule has 0 saturated carbocycles. The first-order valence-electron chi connectivity index (χ1n) is 4.60. The van der Waals surface area contributed by atoms with Crippen molar-refractivity contribution in [1.29, 1.82) is 0 Å². The van der Waals surface area contributed by atoms with E-state index in [2.05, 4.69) is 0 Å². The van der Waals surface area contributed by atoms with E-state index >= 15 is 0 Å². The Morgan fingerprint density at radius 3 is 2.73 bits per heavy atom. The van der Waals surface area contributed by atoms with Gasteiger partial charge in [-0.25, -0.2) is 9.36 Å². The van der Waals surface area contributed by atoms with Crippen LogP contribution in [0, 0.1) is 5.92 Å². The van der Waals surface area contributed by atoms with Crippen molar-refractivity contribution in [3.63, 3.8) is 0 Å². The highest BCUT2D eigenvalue weighted by Gasteiger charge is 2.26. The molecule has 4 nitrogen and oxygen atoms in total. The highest BCUT2D eigenvalue weighted by molar-refractivity contribution is 5.94. The molecule has 1 aromatic carbocycles. The molecule has 0 amide bonds. The smallest absolute Gasteiger partial charge is 0.407 e. The molecule has 3 rings (SSSR count). The summed E-state index contributed by atoms with van der Waals surface area (Å²) in [4.78, 5) is 23.2. The minimum atomic E-state index is -0.616. The third-order valence-corrected chi connectivity index (χ3v) is 2.38. The lowest BCUT2D eigenvalue weighted by molar-refractivity contribution is 0.0893. The molecule has 1 aromatic heterocycles. The standard InChI is InChI=1S/C11H7NO3/c13-10(7-5-6-7)12-8-3-1-2-4-9(8)15-11(12)14/h1-7H. The monoisotopic (exact) mass is 201 g/mol. The summed E-state index contributed by atoms with van der Waals surface area (Å²) in [6, 6.07) is 6.89. The van der Waals surface area contributed by atoms with Crippen LogP contribution in [0.15, 0.2) is 45.6 Å². The molecular weight excluding hydrogens is 194 g/mol. The van der Waals surface area contributed by atoms with Crippen LogP contribution in [0.2, 0.25) is 0 Å². The molecule has 0 N–H and O–H groups in total. The van der Waals surface area contributed by atoms with Gasteiger partial charge in [0.15, 0.2) is 5.58 Å². The van der Waals surface area contributed by atoms with Gasteiger partial charge in [-0.15, -0.1) is 0 Å². The molecule has 0 radical (unpaired) electrons. The summed E-state index contributed by atoms with van der Waals surface area (Å²) in [6.45, 7) is 0. The van der Waals surface area contributed by atoms with Gasteiger partial charge in [-0.1, -0.05) is 24.3 Å². The number of rotatable bonds is 1. The minimum Gasteiger partial charge on any atom is -0.407 e. The van der Waals surface area contributed by atoms with Crippen molar-refractivity contribution in [2.24, 2.45) is 5.92 Å². The number of carbonyl (C=O) groups excluding carboxylic acids is 1. The Hall–Kier alpha value is -2.10. The average Bonchev–Trinajstić information content (AvgIpc) is 3.00. The van der Waals surface area contributed by atoms with Crippen molar-refractivity contribution in [3.8, 4) is 0 Å². The highest BCUT2D eigenvalue weighted by atomic mass is 16.4. The van der Waals surface area contributed by atoms with E-state index in [0.717, 1.165) is 4.57 Å². The quantitative estimate of drug-likeness (QED) is 0.655. The molecule has 0 bridgehead atoms. The number of hydrogen-bond acceptors (Lipinski definition) is 3. The van der Waals surface area contributed by atoms with Crippen LogP contribution in [-0.4, -0.2) is 10.5 Å². The summed E-state index contributed by atoms with van der Waals surface area (Å²) in [7, 11) is 0. The first-order valence-corrected chi connectivity index (χ1v) is 4.60. The molecule has 1 aliphatic rings. The Balaban J connectivity index is 2.28. The second-order valence-corrected chi connectivity index (χ2v) is 3.42. The zero-order chi connectivity index (χ0) is 10.4. The number of oxazole rings is 1. The Morgan fingerprint density at radius 1 is 1.27 bits per heavy atom. The molecule has 0 fully saturated rings. The summed E-state index contributed by atoms with van der Waals surface area (Å²) in [5, 5.41) is 0. The number of fused-ring (bicyclic) bond motifs is 1. The fourth-order valence-electron chi connectivity index (χ4n) is 1.54. The maximum atomic E-state index is 11.7. The van der Waals surface area contributed by atoms with E-state index in [9.17, 15) is 9.59 Å². The SMILES string of the molecule is O=C(C1C=C1)n1c(=O)oc2ccccc21. The van der Waals surface area contributed by atoms with Crippen LogP contribution in [0.1, 0.15) is 4.79 Å². The van der Waals surface area contributed by atoms with Crippen molar-refractivity contribution in [2.75, 3.05) is 0 Å². The Kier molecular flexibility index (Phi) is 1.48. The van der Waals surface area contributed by atoms with E-state index in [1.54, 1.807) is 36.4 Å². The van der Waals surface area contributed by atoms with Crippen molar-refractivity contribution in [2.45, 2.75) is 0 Å². The van der Waals surface area contributed by atoms with Gasteiger partial charge in [0.05, 0.1) is 11.4 Å². The van der Waals surface area contributed by atoms with Gasteiger partial charge in [0.25, 0.3) is 0 Å². The first-order chi connectivity index (χ1) is 7.27. The summed E-state index contributed by atoms with van der Waals surface area (Å²) in [5.41, 5.74) is 0.970. The highest BCUT2D eigenvalue weighted by Crippen LogP contribution is 2.20. The number of hydrogen-bond donors (Lipinski definition) is 0. The summed E-state index contributed by atoms with van der Waals surface area (Å²) < 4.78 is 6.04. The van der Waals surface area contributed by atoms with Crippen molar-refractivity contribution in [1.82, 2.24) is 4.57 Å². The van der Waals surface area contributed by atoms with Crippen LogP contribution in [0.5, 0.6) is 0 Å². The zero-order valence-corrected chi connectivity index (χ0v) is 7.71. The van der Waals surface area contributed by atoms with Gasteiger partial charge in [0.2, 0.25) is 5.91 Å². The summed E-state index contributed by atoms with van der Waals surface area (Å²) in [5.74, 6) is -1.09. The second kappa shape index (κ2) is 2.70. The van der Waals surface area contributed by atoms with Crippen LogP contribution in [0.25, 0.3) is 11.1 Å². The van der Waals surface area contributed by atoms with Gasteiger partial charge < -0.3 is 4.42 Å². The van der Waals surface area contributed by atoms with Gasteiger partial charge in [0.1, 0.15) is 0 Å². The molecule has 1 aliphatic carbocycles. The van der Waals surface area contributed by atoms with E-state index < -0.39 is 5.76 Å². The third-order valence-electron chi connectivity index (χ3n) is 2.38. The molecule has 4 heteroatoms. The summed E-state index contributed by atoms with van der Waals surface area (Å²) in [6.07, 6.45) is 3.49. The van der Waals surface area contributed by atoms with Gasteiger partial charge in [-0.05, 0) is 12.1 Å². The minimum absolute atomic E-state index is 0.233. The fraction of sp³-hybridized carbons (Fsp3) is 0.0909. The zero-order valence-electron chi connectivity index (χ0n) is 7.71. The molecule has 0 saturated heterocycles. The summed E-state index contributed by atoms with van der Waals surface area (Å²) >= 11 is 0. The number of aromatic nitrogens is 1. The number of para-hydroxylation sites is 2. The topological polar surface area (TPSA) is 52.2 Å². The molecule has 0 aliphatic heterocycles. The molecule has 2 aromatic rings. The Labute approximate surface area is 84.4 Å². The van der Waals surface area contributed by atoms with E-state index in [0.29, 0.717) is 11.1 Å². The lowest BCUT2D eigenvalue weighted by Crippen LogP contribution is -2.24. The lowest BCUT2D eigenvalue weighted by atomic mass is 10.3. The van der Waals surface area contributed by atoms with E-state index in [4.69, 9.17) is 4.42 Å².